The SMILES string of the molecule is O=S(=O)(N=C([O-])[n+]1ccccc1)c1ccccc1. The lowest BCUT2D eigenvalue weighted by Gasteiger charge is -2.02. The second-order valence-electron chi connectivity index (χ2n) is 3.44. The van der Waals surface area contributed by atoms with E-state index in [0.717, 1.165) is 4.57 Å². The van der Waals surface area contributed by atoms with E-state index in [1.807, 2.05) is 0 Å². The van der Waals surface area contributed by atoms with Crippen LogP contribution in [-0.2, 0) is 10.0 Å². The van der Waals surface area contributed by atoms with Crippen LogP contribution in [0.3, 0.4) is 0 Å². The maximum atomic E-state index is 11.8. The van der Waals surface area contributed by atoms with Gasteiger partial charge in [-0.25, -0.2) is 4.57 Å². The molecule has 6 heteroatoms. The van der Waals surface area contributed by atoms with Crippen molar-refractivity contribution in [2.75, 3.05) is 0 Å². The molecule has 1 heterocycles. The van der Waals surface area contributed by atoms with Gasteiger partial charge in [-0.2, -0.15) is 8.42 Å². The Morgan fingerprint density at radius 3 is 2.17 bits per heavy atom. The summed E-state index contributed by atoms with van der Waals surface area (Å²) in [5.74, 6) is 0. The van der Waals surface area contributed by atoms with Crippen LogP contribution in [0.15, 0.2) is 70.2 Å². The lowest BCUT2D eigenvalue weighted by Crippen LogP contribution is -2.50. The third-order valence-corrected chi connectivity index (χ3v) is 3.44. The predicted octanol–water partition coefficient (Wildman–Crippen LogP) is -0.0726. The molecule has 2 aromatic rings. The van der Waals surface area contributed by atoms with E-state index >= 15 is 0 Å². The Bertz CT molecular complexity index is 652. The Kier molecular flexibility index (Phi) is 3.38. The molecular weight excluding hydrogens is 252 g/mol. The summed E-state index contributed by atoms with van der Waals surface area (Å²) in [5.41, 5.74) is 0. The molecule has 0 aliphatic heterocycles. The van der Waals surface area contributed by atoms with E-state index in [4.69, 9.17) is 0 Å². The van der Waals surface area contributed by atoms with E-state index in [9.17, 15) is 13.5 Å². The zero-order valence-electron chi connectivity index (χ0n) is 9.30. The summed E-state index contributed by atoms with van der Waals surface area (Å²) in [6, 6.07) is 11.7. The van der Waals surface area contributed by atoms with E-state index in [0.29, 0.717) is 0 Å². The summed E-state index contributed by atoms with van der Waals surface area (Å²) in [6.07, 6.45) is 2.87. The van der Waals surface area contributed by atoms with Crippen LogP contribution >= 0.6 is 0 Å². The van der Waals surface area contributed by atoms with E-state index < -0.39 is 16.0 Å². The maximum absolute atomic E-state index is 11.8. The molecule has 0 unspecified atom stereocenters. The molecule has 0 aliphatic carbocycles. The van der Waals surface area contributed by atoms with Gasteiger partial charge in [-0.1, -0.05) is 24.3 Å². The molecule has 0 radical (unpaired) electrons. The highest BCUT2D eigenvalue weighted by atomic mass is 32.2. The molecule has 2 rings (SSSR count). The van der Waals surface area contributed by atoms with Crippen LogP contribution in [0, 0.1) is 0 Å². The van der Waals surface area contributed by atoms with Crippen LogP contribution in [0.1, 0.15) is 0 Å². The van der Waals surface area contributed by atoms with E-state index in [1.165, 1.54) is 24.5 Å². The molecule has 0 amide bonds. The molecule has 0 fully saturated rings. The number of sulfonamides is 1. The van der Waals surface area contributed by atoms with Crippen LogP contribution in [0.4, 0.5) is 0 Å². The maximum Gasteiger partial charge on any atom is 0.369 e. The van der Waals surface area contributed by atoms with Gasteiger partial charge in [0.05, 0.1) is 12.4 Å². The highest BCUT2D eigenvalue weighted by Crippen LogP contribution is 2.10. The van der Waals surface area contributed by atoms with E-state index in [-0.39, 0.29) is 4.90 Å². The largest absolute Gasteiger partial charge is 0.806 e. The second-order valence-corrected chi connectivity index (χ2v) is 5.05. The zero-order chi connectivity index (χ0) is 13.0. The molecule has 0 N–H and O–H groups in total. The number of aromatic nitrogens is 1. The Hall–Kier alpha value is -2.21. The Morgan fingerprint density at radius 2 is 1.56 bits per heavy atom. The first-order valence-electron chi connectivity index (χ1n) is 5.13. The van der Waals surface area contributed by atoms with Gasteiger partial charge in [-0.05, 0) is 24.3 Å². The number of nitrogens with zero attached hydrogens (tertiary/aromatic N) is 2. The third kappa shape index (κ3) is 2.72. The summed E-state index contributed by atoms with van der Waals surface area (Å²) in [5, 5.41) is 11.7. The summed E-state index contributed by atoms with van der Waals surface area (Å²) >= 11 is 0. The van der Waals surface area contributed by atoms with Crippen molar-refractivity contribution < 1.29 is 18.1 Å². The molecule has 0 spiro atoms. The summed E-state index contributed by atoms with van der Waals surface area (Å²) in [7, 11) is -3.95. The quantitative estimate of drug-likeness (QED) is 0.432. The van der Waals surface area contributed by atoms with Crippen molar-refractivity contribution in [3.63, 3.8) is 0 Å². The number of benzene rings is 1. The number of rotatable bonds is 2. The summed E-state index contributed by atoms with van der Waals surface area (Å²) in [4.78, 5) is -0.00474. The van der Waals surface area contributed by atoms with Crippen LogP contribution < -0.4 is 9.67 Å². The first-order valence-corrected chi connectivity index (χ1v) is 6.57. The minimum absolute atomic E-state index is 0.00474. The van der Waals surface area contributed by atoms with Crippen molar-refractivity contribution >= 4 is 16.0 Å². The highest BCUT2D eigenvalue weighted by molar-refractivity contribution is 7.90. The predicted molar refractivity (Wildman–Crippen MR) is 63.1 cm³/mol. The van der Waals surface area contributed by atoms with Crippen molar-refractivity contribution in [2.45, 2.75) is 4.90 Å². The second kappa shape index (κ2) is 4.97. The third-order valence-electron chi connectivity index (χ3n) is 2.18. The Labute approximate surface area is 105 Å². The normalized spacial score (nSPS) is 12.3. The lowest BCUT2D eigenvalue weighted by atomic mass is 10.4. The molecule has 18 heavy (non-hydrogen) atoms. The van der Waals surface area contributed by atoms with Gasteiger partial charge in [0, 0.05) is 4.40 Å². The molecule has 1 aromatic carbocycles. The van der Waals surface area contributed by atoms with Crippen LogP contribution in [0.25, 0.3) is 0 Å². The van der Waals surface area contributed by atoms with Crippen molar-refractivity contribution in [1.82, 2.24) is 0 Å². The Morgan fingerprint density at radius 1 is 1.00 bits per heavy atom. The molecule has 92 valence electrons. The van der Waals surface area contributed by atoms with E-state index in [2.05, 4.69) is 4.40 Å². The highest BCUT2D eigenvalue weighted by Gasteiger charge is 2.18. The van der Waals surface area contributed by atoms with E-state index in [1.54, 1.807) is 36.4 Å². The van der Waals surface area contributed by atoms with Crippen LogP contribution in [0.2, 0.25) is 0 Å². The van der Waals surface area contributed by atoms with Gasteiger partial charge in [0.2, 0.25) is 0 Å². The monoisotopic (exact) mass is 262 g/mol. The first kappa shape index (κ1) is 12.3. The zero-order valence-corrected chi connectivity index (χ0v) is 10.1. The number of pyridine rings is 1. The van der Waals surface area contributed by atoms with Crippen molar-refractivity contribution in [3.05, 3.63) is 60.9 Å². The standard InChI is InChI=1S/C12H10N2O3S/c15-12(14-9-5-2-6-10-14)13-18(16,17)11-7-3-1-4-8-11/h1-10H. The van der Waals surface area contributed by atoms with Gasteiger partial charge < -0.3 is 5.11 Å². The topological polar surface area (TPSA) is 73.4 Å². The smallest absolute Gasteiger partial charge is 0.369 e. The molecule has 0 saturated carbocycles. The van der Waals surface area contributed by atoms with Crippen molar-refractivity contribution in [3.8, 4) is 0 Å². The average Bonchev–Trinajstić information content (AvgIpc) is 2.40. The Balaban J connectivity index is 2.39. The fourth-order valence-corrected chi connectivity index (χ4v) is 2.23. The first-order chi connectivity index (χ1) is 8.59. The van der Waals surface area contributed by atoms with Crippen LogP contribution in [-0.4, -0.2) is 14.4 Å². The molecule has 0 atom stereocenters. The molecule has 5 nitrogen and oxygen atoms in total. The van der Waals surface area contributed by atoms with Gasteiger partial charge in [-0.15, -0.1) is 0 Å². The summed E-state index contributed by atoms with van der Waals surface area (Å²) in [6.45, 7) is 0. The van der Waals surface area contributed by atoms with Gasteiger partial charge in [0.15, 0.2) is 0 Å². The molecule has 0 bridgehead atoms. The average molecular weight is 262 g/mol. The van der Waals surface area contributed by atoms with Crippen molar-refractivity contribution in [1.29, 1.82) is 0 Å². The van der Waals surface area contributed by atoms with Crippen molar-refractivity contribution in [2.24, 2.45) is 4.40 Å². The lowest BCUT2D eigenvalue weighted by molar-refractivity contribution is -0.614. The number of hydrogen-bond donors (Lipinski definition) is 0. The minimum atomic E-state index is -3.95. The number of hydrogen-bond acceptors (Lipinski definition) is 3. The van der Waals surface area contributed by atoms with Gasteiger partial charge in [-0.3, -0.25) is 0 Å². The molecule has 0 aliphatic rings. The van der Waals surface area contributed by atoms with Gasteiger partial charge >= 0.3 is 10.0 Å². The van der Waals surface area contributed by atoms with Gasteiger partial charge in [0.25, 0.3) is 6.02 Å². The molecule has 0 saturated heterocycles. The van der Waals surface area contributed by atoms with Crippen LogP contribution in [0.5, 0.6) is 0 Å². The fraction of sp³-hybridized carbons (Fsp3) is 0. The molecular formula is C12H10N2O3S. The van der Waals surface area contributed by atoms with Gasteiger partial charge in [0.1, 0.15) is 4.90 Å². The minimum Gasteiger partial charge on any atom is -0.806 e. The molecule has 1 aromatic heterocycles. The summed E-state index contributed by atoms with van der Waals surface area (Å²) < 4.78 is 28.0. The fourth-order valence-electron chi connectivity index (χ4n) is 1.32.